The summed E-state index contributed by atoms with van der Waals surface area (Å²) in [5.74, 6) is 0.745. The van der Waals surface area contributed by atoms with Gasteiger partial charge in [-0.05, 0) is 41.9 Å². The summed E-state index contributed by atoms with van der Waals surface area (Å²) in [5.41, 5.74) is 1.12. The van der Waals surface area contributed by atoms with Crippen LogP contribution in [-0.2, 0) is 11.8 Å². The maximum absolute atomic E-state index is 13.1. The van der Waals surface area contributed by atoms with Gasteiger partial charge in [0.25, 0.3) is 11.1 Å². The third-order valence-corrected chi connectivity index (χ3v) is 7.05. The Morgan fingerprint density at radius 2 is 1.96 bits per heavy atom. The third kappa shape index (κ3) is 3.24. The highest BCUT2D eigenvalue weighted by atomic mass is 35.5. The van der Waals surface area contributed by atoms with Crippen molar-refractivity contribution in [3.63, 3.8) is 0 Å². The highest BCUT2D eigenvalue weighted by Crippen LogP contribution is 2.49. The number of halogens is 1. The molecular formula is C19H18ClN4OS2+. The summed E-state index contributed by atoms with van der Waals surface area (Å²) >= 11 is 9.09. The number of amidine groups is 1. The monoisotopic (exact) mass is 417 g/mol. The number of benzene rings is 1. The maximum Gasteiger partial charge on any atom is 0.326 e. The summed E-state index contributed by atoms with van der Waals surface area (Å²) in [6.45, 7) is 2.53. The topological polar surface area (TPSA) is 39.8 Å². The van der Waals surface area contributed by atoms with E-state index in [1.54, 1.807) is 28.9 Å². The van der Waals surface area contributed by atoms with Crippen LogP contribution in [-0.4, -0.2) is 29.6 Å². The van der Waals surface area contributed by atoms with Gasteiger partial charge in [-0.25, -0.2) is 4.57 Å². The fraction of sp³-hybridized carbons (Fsp3) is 0.211. The fourth-order valence-corrected chi connectivity index (χ4v) is 5.58. The number of anilines is 1. The SMILES string of the molecule is CCN1C(=O)C(=C2Sc3ccccc3N2C)SC1=Nc1ccc(Cl)c[n+]1C. The Bertz CT molecular complexity index is 1000. The summed E-state index contributed by atoms with van der Waals surface area (Å²) in [6.07, 6.45) is 1.80. The fourth-order valence-electron chi connectivity index (χ4n) is 2.98. The summed E-state index contributed by atoms with van der Waals surface area (Å²) in [4.78, 5) is 23.5. The molecule has 3 heterocycles. The van der Waals surface area contributed by atoms with Gasteiger partial charge in [-0.1, -0.05) is 35.5 Å². The number of likely N-dealkylation sites (N-methyl/N-ethyl adjacent to an activating group) is 1. The molecule has 4 rings (SSSR count). The van der Waals surface area contributed by atoms with Gasteiger partial charge in [0.05, 0.1) is 22.8 Å². The van der Waals surface area contributed by atoms with Crippen LogP contribution in [0.25, 0.3) is 0 Å². The van der Waals surface area contributed by atoms with E-state index in [-0.39, 0.29) is 5.91 Å². The van der Waals surface area contributed by atoms with Crippen LogP contribution in [0.3, 0.4) is 0 Å². The Morgan fingerprint density at radius 1 is 1.19 bits per heavy atom. The van der Waals surface area contributed by atoms with Crippen LogP contribution in [0.5, 0.6) is 0 Å². The molecule has 1 amide bonds. The van der Waals surface area contributed by atoms with E-state index in [9.17, 15) is 4.79 Å². The van der Waals surface area contributed by atoms with E-state index >= 15 is 0 Å². The van der Waals surface area contributed by atoms with E-state index < -0.39 is 0 Å². The first-order valence-corrected chi connectivity index (χ1v) is 10.5. The van der Waals surface area contributed by atoms with Crippen molar-refractivity contribution < 1.29 is 9.36 Å². The average Bonchev–Trinajstić information content (AvgIpc) is 3.14. The minimum atomic E-state index is 0.0000210. The van der Waals surface area contributed by atoms with Crippen molar-refractivity contribution in [1.82, 2.24) is 4.90 Å². The van der Waals surface area contributed by atoms with Crippen molar-refractivity contribution in [2.75, 3.05) is 18.5 Å². The van der Waals surface area contributed by atoms with Crippen LogP contribution in [0.2, 0.25) is 5.02 Å². The highest BCUT2D eigenvalue weighted by Gasteiger charge is 2.41. The normalized spacial score (nSPS) is 20.7. The molecule has 2 aliphatic heterocycles. The number of pyridine rings is 1. The third-order valence-electron chi connectivity index (χ3n) is 4.39. The Morgan fingerprint density at radius 3 is 2.67 bits per heavy atom. The first-order chi connectivity index (χ1) is 13.0. The Kier molecular flexibility index (Phi) is 4.92. The number of fused-ring (bicyclic) bond motifs is 1. The number of aromatic nitrogens is 1. The van der Waals surface area contributed by atoms with E-state index in [1.807, 2.05) is 43.8 Å². The van der Waals surface area contributed by atoms with Crippen LogP contribution in [0.4, 0.5) is 11.5 Å². The van der Waals surface area contributed by atoms with Gasteiger partial charge >= 0.3 is 5.82 Å². The molecule has 0 aliphatic carbocycles. The lowest BCUT2D eigenvalue weighted by atomic mass is 10.3. The van der Waals surface area contributed by atoms with Gasteiger partial charge in [0.15, 0.2) is 0 Å². The second kappa shape index (κ2) is 7.22. The van der Waals surface area contributed by atoms with Crippen LogP contribution >= 0.6 is 35.1 Å². The highest BCUT2D eigenvalue weighted by molar-refractivity contribution is 8.19. The molecule has 1 fully saturated rings. The number of rotatable bonds is 2. The maximum atomic E-state index is 13.1. The Labute approximate surface area is 171 Å². The Balaban J connectivity index is 1.74. The molecular weight excluding hydrogens is 400 g/mol. The first kappa shape index (κ1) is 18.4. The van der Waals surface area contributed by atoms with Crippen LogP contribution in [0, 0.1) is 0 Å². The van der Waals surface area contributed by atoms with Gasteiger partial charge in [-0.15, -0.1) is 0 Å². The quantitative estimate of drug-likeness (QED) is 0.543. The van der Waals surface area contributed by atoms with Gasteiger partial charge < -0.3 is 4.90 Å². The molecule has 0 bridgehead atoms. The average molecular weight is 418 g/mol. The van der Waals surface area contributed by atoms with Gasteiger partial charge in [0, 0.05) is 24.6 Å². The zero-order chi connectivity index (χ0) is 19.1. The van der Waals surface area contributed by atoms with Crippen molar-refractivity contribution >= 4 is 57.7 Å². The van der Waals surface area contributed by atoms with Gasteiger partial charge in [-0.2, -0.15) is 0 Å². The number of carbonyl (C=O) groups excluding carboxylic acids is 1. The van der Waals surface area contributed by atoms with E-state index in [0.29, 0.717) is 16.7 Å². The molecule has 0 spiro atoms. The number of thioether (sulfide) groups is 2. The second-order valence-corrected chi connectivity index (χ2v) is 8.57. The van der Waals surface area contributed by atoms with Crippen molar-refractivity contribution in [2.45, 2.75) is 11.8 Å². The molecule has 5 nitrogen and oxygen atoms in total. The molecule has 2 aromatic rings. The van der Waals surface area contributed by atoms with E-state index in [1.165, 1.54) is 11.8 Å². The number of amides is 1. The summed E-state index contributed by atoms with van der Waals surface area (Å²) in [6, 6.07) is 11.8. The van der Waals surface area contributed by atoms with E-state index in [4.69, 9.17) is 16.6 Å². The largest absolute Gasteiger partial charge is 0.337 e. The minimum absolute atomic E-state index is 0.0000210. The number of aryl methyl sites for hydroxylation is 1. The molecule has 0 atom stereocenters. The molecule has 0 radical (unpaired) electrons. The van der Waals surface area contributed by atoms with Gasteiger partial charge in [0.2, 0.25) is 0 Å². The number of nitrogens with zero attached hydrogens (tertiary/aromatic N) is 4. The molecule has 0 N–H and O–H groups in total. The molecule has 1 aromatic heterocycles. The van der Waals surface area contributed by atoms with Gasteiger partial charge in [0.1, 0.15) is 11.1 Å². The van der Waals surface area contributed by atoms with Crippen molar-refractivity contribution in [3.8, 4) is 0 Å². The number of hydrogen-bond donors (Lipinski definition) is 0. The molecule has 0 unspecified atom stereocenters. The zero-order valence-electron chi connectivity index (χ0n) is 15.1. The lowest BCUT2D eigenvalue weighted by Gasteiger charge is -2.14. The molecule has 0 saturated carbocycles. The second-order valence-electron chi connectivity index (χ2n) is 6.13. The zero-order valence-corrected chi connectivity index (χ0v) is 17.5. The number of carbonyl (C=O) groups is 1. The predicted molar refractivity (Wildman–Crippen MR) is 112 cm³/mol. The lowest BCUT2D eigenvalue weighted by Crippen LogP contribution is -2.31. The molecule has 138 valence electrons. The predicted octanol–water partition coefficient (Wildman–Crippen LogP) is 4.16. The Hall–Kier alpha value is -1.96. The number of para-hydroxylation sites is 1. The first-order valence-electron chi connectivity index (χ1n) is 8.48. The van der Waals surface area contributed by atoms with E-state index in [2.05, 4.69) is 17.0 Å². The minimum Gasteiger partial charge on any atom is -0.337 e. The molecule has 1 aromatic carbocycles. The van der Waals surface area contributed by atoms with E-state index in [0.717, 1.165) is 26.3 Å². The lowest BCUT2D eigenvalue weighted by molar-refractivity contribution is -0.658. The molecule has 1 saturated heterocycles. The van der Waals surface area contributed by atoms with Gasteiger partial charge in [-0.3, -0.25) is 9.69 Å². The summed E-state index contributed by atoms with van der Waals surface area (Å²) in [5, 5.41) is 2.29. The van der Waals surface area contributed by atoms with Crippen LogP contribution < -0.4 is 9.47 Å². The smallest absolute Gasteiger partial charge is 0.326 e. The van der Waals surface area contributed by atoms with Crippen molar-refractivity contribution in [1.29, 1.82) is 0 Å². The van der Waals surface area contributed by atoms with Crippen LogP contribution in [0.1, 0.15) is 6.92 Å². The summed E-state index contributed by atoms with van der Waals surface area (Å²) in [7, 11) is 3.89. The molecule has 8 heteroatoms. The number of hydrogen-bond acceptors (Lipinski definition) is 5. The van der Waals surface area contributed by atoms with Crippen molar-refractivity contribution in [2.24, 2.45) is 12.0 Å². The standard InChI is InChI=1S/C19H18ClN4OS2/c1-4-24-17(25)16(18-23(3)13-7-5-6-8-14(13)26-18)27-19(24)21-15-10-9-12(20)11-22(15)2/h5-11H,4H2,1-3H3/q+1. The van der Waals surface area contributed by atoms with Crippen molar-refractivity contribution in [3.05, 3.63) is 57.6 Å². The van der Waals surface area contributed by atoms with Crippen LogP contribution in [0.15, 0.2) is 62.4 Å². The molecule has 2 aliphatic rings. The summed E-state index contributed by atoms with van der Waals surface area (Å²) < 4.78 is 1.85. The number of aliphatic imine (C=N–C) groups is 1. The molecule has 27 heavy (non-hydrogen) atoms.